The lowest BCUT2D eigenvalue weighted by Gasteiger charge is -2.30. The van der Waals surface area contributed by atoms with Crippen LogP contribution in [0.4, 0.5) is 11.4 Å². The summed E-state index contributed by atoms with van der Waals surface area (Å²) in [6.07, 6.45) is 1.42. The zero-order valence-electron chi connectivity index (χ0n) is 14.5. The van der Waals surface area contributed by atoms with Crippen molar-refractivity contribution >= 4 is 27.3 Å². The standard InChI is InChI=1S/C18H22N2O4S/c1-4-16(18(21)19-15-12-8-9-13-17(15)24-2)20(25(3,22)23)14-10-6-5-7-11-14/h5-13,16H,4H2,1-3H3,(H,19,21). The first-order chi connectivity index (χ1) is 11.9. The van der Waals surface area contributed by atoms with Crippen molar-refractivity contribution in [3.05, 3.63) is 54.6 Å². The van der Waals surface area contributed by atoms with Crippen LogP contribution in [0.1, 0.15) is 13.3 Å². The van der Waals surface area contributed by atoms with Crippen molar-refractivity contribution in [2.45, 2.75) is 19.4 Å². The first-order valence-corrected chi connectivity index (χ1v) is 9.71. The summed E-state index contributed by atoms with van der Waals surface area (Å²) in [5.41, 5.74) is 0.946. The molecule has 0 spiro atoms. The maximum absolute atomic E-state index is 12.8. The molecule has 1 N–H and O–H groups in total. The fourth-order valence-electron chi connectivity index (χ4n) is 2.60. The molecule has 6 nitrogen and oxygen atoms in total. The van der Waals surface area contributed by atoms with Crippen molar-refractivity contribution in [2.24, 2.45) is 0 Å². The van der Waals surface area contributed by atoms with E-state index in [1.54, 1.807) is 61.5 Å². The molecule has 2 aromatic carbocycles. The van der Waals surface area contributed by atoms with Gasteiger partial charge in [-0.05, 0) is 30.7 Å². The second-order valence-electron chi connectivity index (χ2n) is 5.51. The third kappa shape index (κ3) is 4.51. The smallest absolute Gasteiger partial charge is 0.248 e. The van der Waals surface area contributed by atoms with E-state index in [2.05, 4.69) is 5.32 Å². The van der Waals surface area contributed by atoms with Crippen LogP contribution in [0.25, 0.3) is 0 Å². The SMILES string of the molecule is CCC(C(=O)Nc1ccccc1OC)N(c1ccccc1)S(C)(=O)=O. The fourth-order valence-corrected chi connectivity index (χ4v) is 3.81. The van der Waals surface area contributed by atoms with Gasteiger partial charge in [-0.25, -0.2) is 8.42 Å². The van der Waals surface area contributed by atoms with E-state index < -0.39 is 22.0 Å². The summed E-state index contributed by atoms with van der Waals surface area (Å²) in [5.74, 6) is 0.0950. The molecule has 1 amide bonds. The lowest BCUT2D eigenvalue weighted by molar-refractivity contribution is -0.117. The molecule has 0 aliphatic carbocycles. The number of ether oxygens (including phenoxy) is 1. The largest absolute Gasteiger partial charge is 0.495 e. The molecular formula is C18H22N2O4S. The number of carbonyl (C=O) groups excluding carboxylic acids is 1. The van der Waals surface area contributed by atoms with Gasteiger partial charge in [-0.15, -0.1) is 0 Å². The number of anilines is 2. The summed E-state index contributed by atoms with van der Waals surface area (Å²) in [6, 6.07) is 14.7. The second kappa shape index (κ2) is 8.02. The van der Waals surface area contributed by atoms with Gasteiger partial charge in [-0.1, -0.05) is 37.3 Å². The van der Waals surface area contributed by atoms with E-state index in [1.807, 2.05) is 0 Å². The van der Waals surface area contributed by atoms with Gasteiger partial charge in [-0.3, -0.25) is 9.10 Å². The number of hydrogen-bond donors (Lipinski definition) is 1. The Morgan fingerprint density at radius 2 is 1.72 bits per heavy atom. The zero-order valence-corrected chi connectivity index (χ0v) is 15.3. The number of amides is 1. The van der Waals surface area contributed by atoms with Gasteiger partial charge in [0.25, 0.3) is 0 Å². The Kier molecular flexibility index (Phi) is 6.03. The molecule has 25 heavy (non-hydrogen) atoms. The Bertz CT molecular complexity index is 822. The lowest BCUT2D eigenvalue weighted by atomic mass is 10.1. The van der Waals surface area contributed by atoms with Crippen LogP contribution in [0, 0.1) is 0 Å². The number of methoxy groups -OCH3 is 1. The molecular weight excluding hydrogens is 340 g/mol. The molecule has 7 heteroatoms. The average molecular weight is 362 g/mol. The second-order valence-corrected chi connectivity index (χ2v) is 7.37. The van der Waals surface area contributed by atoms with E-state index in [-0.39, 0.29) is 0 Å². The molecule has 2 aromatic rings. The molecule has 1 atom stereocenters. The van der Waals surface area contributed by atoms with Gasteiger partial charge in [-0.2, -0.15) is 0 Å². The molecule has 134 valence electrons. The number of carbonyl (C=O) groups is 1. The summed E-state index contributed by atoms with van der Waals surface area (Å²) in [4.78, 5) is 12.8. The maximum atomic E-state index is 12.8. The van der Waals surface area contributed by atoms with Gasteiger partial charge < -0.3 is 10.1 Å². The number of para-hydroxylation sites is 3. The first-order valence-electron chi connectivity index (χ1n) is 7.86. The minimum absolute atomic E-state index is 0.322. The summed E-state index contributed by atoms with van der Waals surface area (Å²) < 4.78 is 31.0. The Hall–Kier alpha value is -2.54. The third-order valence-corrected chi connectivity index (χ3v) is 4.89. The highest BCUT2D eigenvalue weighted by Crippen LogP contribution is 2.26. The predicted molar refractivity (Wildman–Crippen MR) is 99.5 cm³/mol. The maximum Gasteiger partial charge on any atom is 0.248 e. The molecule has 0 bridgehead atoms. The highest BCUT2D eigenvalue weighted by molar-refractivity contribution is 7.92. The normalized spacial score (nSPS) is 12.3. The number of benzene rings is 2. The summed E-state index contributed by atoms with van der Waals surface area (Å²) in [6.45, 7) is 1.77. The summed E-state index contributed by atoms with van der Waals surface area (Å²) in [5, 5.41) is 2.76. The van der Waals surface area contributed by atoms with E-state index >= 15 is 0 Å². The quantitative estimate of drug-likeness (QED) is 0.822. The Labute approximate surface area is 148 Å². The van der Waals surface area contributed by atoms with E-state index in [0.717, 1.165) is 10.6 Å². The van der Waals surface area contributed by atoms with Crippen molar-refractivity contribution in [1.29, 1.82) is 0 Å². The van der Waals surface area contributed by atoms with Crippen molar-refractivity contribution in [3.8, 4) is 5.75 Å². The summed E-state index contributed by atoms with van der Waals surface area (Å²) >= 11 is 0. The number of sulfonamides is 1. The van der Waals surface area contributed by atoms with E-state index in [0.29, 0.717) is 23.5 Å². The molecule has 0 aliphatic rings. The number of rotatable bonds is 7. The Balaban J connectivity index is 2.36. The molecule has 0 saturated carbocycles. The van der Waals surface area contributed by atoms with Gasteiger partial charge in [0.15, 0.2) is 0 Å². The van der Waals surface area contributed by atoms with Crippen LogP contribution in [0.2, 0.25) is 0 Å². The van der Waals surface area contributed by atoms with Crippen molar-refractivity contribution in [1.82, 2.24) is 0 Å². The molecule has 0 fully saturated rings. The third-order valence-electron chi connectivity index (χ3n) is 3.71. The van der Waals surface area contributed by atoms with Crippen LogP contribution in [0.5, 0.6) is 5.75 Å². The average Bonchev–Trinajstić information content (AvgIpc) is 2.59. The highest BCUT2D eigenvalue weighted by Gasteiger charge is 2.31. The molecule has 2 rings (SSSR count). The topological polar surface area (TPSA) is 75.7 Å². The minimum Gasteiger partial charge on any atom is -0.495 e. The molecule has 0 heterocycles. The van der Waals surface area contributed by atoms with Crippen LogP contribution >= 0.6 is 0 Å². The Morgan fingerprint density at radius 1 is 1.12 bits per heavy atom. The van der Waals surface area contributed by atoms with Gasteiger partial charge in [0.05, 0.1) is 24.7 Å². The first kappa shape index (κ1) is 18.8. The van der Waals surface area contributed by atoms with Crippen molar-refractivity contribution in [2.75, 3.05) is 23.0 Å². The van der Waals surface area contributed by atoms with E-state index in [4.69, 9.17) is 4.74 Å². The lowest BCUT2D eigenvalue weighted by Crippen LogP contribution is -2.47. The van der Waals surface area contributed by atoms with Crippen LogP contribution < -0.4 is 14.4 Å². The molecule has 0 aromatic heterocycles. The monoisotopic (exact) mass is 362 g/mol. The molecule has 0 saturated heterocycles. The zero-order chi connectivity index (χ0) is 18.4. The van der Waals surface area contributed by atoms with Crippen molar-refractivity contribution in [3.63, 3.8) is 0 Å². The van der Waals surface area contributed by atoms with Crippen LogP contribution in [0.3, 0.4) is 0 Å². The Morgan fingerprint density at radius 3 is 2.28 bits per heavy atom. The predicted octanol–water partition coefficient (Wildman–Crippen LogP) is 2.88. The highest BCUT2D eigenvalue weighted by atomic mass is 32.2. The van der Waals surface area contributed by atoms with Gasteiger partial charge in [0, 0.05) is 0 Å². The van der Waals surface area contributed by atoms with Crippen LogP contribution in [-0.2, 0) is 14.8 Å². The molecule has 0 aliphatic heterocycles. The van der Waals surface area contributed by atoms with Crippen molar-refractivity contribution < 1.29 is 17.9 Å². The number of hydrogen-bond acceptors (Lipinski definition) is 4. The fraction of sp³-hybridized carbons (Fsp3) is 0.278. The van der Waals surface area contributed by atoms with E-state index in [9.17, 15) is 13.2 Å². The van der Waals surface area contributed by atoms with Gasteiger partial charge in [0.2, 0.25) is 15.9 Å². The molecule has 0 radical (unpaired) electrons. The van der Waals surface area contributed by atoms with Crippen LogP contribution in [-0.4, -0.2) is 33.7 Å². The summed E-state index contributed by atoms with van der Waals surface area (Å²) in [7, 11) is -2.13. The van der Waals surface area contributed by atoms with Gasteiger partial charge in [0.1, 0.15) is 11.8 Å². The molecule has 1 unspecified atom stereocenters. The number of nitrogens with zero attached hydrogens (tertiary/aromatic N) is 1. The number of nitrogens with one attached hydrogen (secondary N) is 1. The van der Waals surface area contributed by atoms with Gasteiger partial charge >= 0.3 is 0 Å². The van der Waals surface area contributed by atoms with E-state index in [1.165, 1.54) is 7.11 Å². The minimum atomic E-state index is -3.64. The van der Waals surface area contributed by atoms with Crippen LogP contribution in [0.15, 0.2) is 54.6 Å².